The zero-order chi connectivity index (χ0) is 20.4. The quantitative estimate of drug-likeness (QED) is 0.540. The predicted molar refractivity (Wildman–Crippen MR) is 104 cm³/mol. The molecule has 0 saturated carbocycles. The molecule has 0 aliphatic heterocycles. The number of carbonyl (C=O) groups is 2. The van der Waals surface area contributed by atoms with Gasteiger partial charge in [0.15, 0.2) is 11.5 Å². The first-order chi connectivity index (χ1) is 13.5. The van der Waals surface area contributed by atoms with E-state index >= 15 is 0 Å². The summed E-state index contributed by atoms with van der Waals surface area (Å²) in [6.07, 6.45) is 3.80. The Hall–Kier alpha value is -3.35. The molecule has 0 aliphatic rings. The molecule has 0 radical (unpaired) electrons. The Labute approximate surface area is 163 Å². The van der Waals surface area contributed by atoms with E-state index in [9.17, 15) is 14.0 Å². The summed E-state index contributed by atoms with van der Waals surface area (Å²) in [5, 5.41) is 0. The van der Waals surface area contributed by atoms with Crippen molar-refractivity contribution in [1.29, 1.82) is 0 Å². The molecule has 0 spiro atoms. The number of carbonyl (C=O) groups excluding carboxylic acids is 2. The van der Waals surface area contributed by atoms with Gasteiger partial charge < -0.3 is 9.47 Å². The molecule has 0 unspecified atom stereocenters. The molecule has 148 valence electrons. The van der Waals surface area contributed by atoms with Crippen molar-refractivity contribution >= 4 is 17.9 Å². The molecule has 2 amide bonds. The second-order valence-electron chi connectivity index (χ2n) is 5.93. The molecule has 0 aliphatic carbocycles. The standard InChI is InChI=1S/C21H23FN2O4/c1-3-12-28-18-10-6-15(13-19(18)27-2)7-11-20(25)23-24-21(26)14-16-4-8-17(22)9-5-16/h4-11,13H,3,12,14H2,1-2H3,(H,23,25)(H,24,26)/b11-7+. The molecule has 0 fully saturated rings. The van der Waals surface area contributed by atoms with Crippen LogP contribution in [0.25, 0.3) is 6.08 Å². The van der Waals surface area contributed by atoms with Crippen molar-refractivity contribution in [1.82, 2.24) is 10.9 Å². The SMILES string of the molecule is CCCOc1ccc(/C=C/C(=O)NNC(=O)Cc2ccc(F)cc2)cc1OC. The normalized spacial score (nSPS) is 10.5. The van der Waals surface area contributed by atoms with E-state index < -0.39 is 11.8 Å². The monoisotopic (exact) mass is 386 g/mol. The first-order valence-corrected chi connectivity index (χ1v) is 8.84. The first kappa shape index (κ1) is 21.0. The molecular weight excluding hydrogens is 363 g/mol. The Balaban J connectivity index is 1.85. The van der Waals surface area contributed by atoms with Crippen LogP contribution in [0.1, 0.15) is 24.5 Å². The van der Waals surface area contributed by atoms with Crippen molar-refractivity contribution in [3.8, 4) is 11.5 Å². The van der Waals surface area contributed by atoms with E-state index in [1.54, 1.807) is 31.4 Å². The number of hydrogen-bond acceptors (Lipinski definition) is 4. The number of nitrogens with one attached hydrogen (secondary N) is 2. The maximum Gasteiger partial charge on any atom is 0.262 e. The Morgan fingerprint density at radius 1 is 1.07 bits per heavy atom. The Morgan fingerprint density at radius 3 is 2.50 bits per heavy atom. The number of ether oxygens (including phenoxy) is 2. The fourth-order valence-electron chi connectivity index (χ4n) is 2.30. The number of hydrazine groups is 1. The lowest BCUT2D eigenvalue weighted by Crippen LogP contribution is -2.41. The molecule has 2 N–H and O–H groups in total. The minimum absolute atomic E-state index is 0.0285. The van der Waals surface area contributed by atoms with Crippen molar-refractivity contribution in [2.45, 2.75) is 19.8 Å². The van der Waals surface area contributed by atoms with Gasteiger partial charge in [0.05, 0.1) is 20.1 Å². The molecule has 0 saturated heterocycles. The molecule has 0 atom stereocenters. The van der Waals surface area contributed by atoms with Crippen LogP contribution in [0.15, 0.2) is 48.5 Å². The fourth-order valence-corrected chi connectivity index (χ4v) is 2.30. The fraction of sp³-hybridized carbons (Fsp3) is 0.238. The number of halogens is 1. The minimum Gasteiger partial charge on any atom is -0.493 e. The largest absolute Gasteiger partial charge is 0.493 e. The molecular formula is C21H23FN2O4. The summed E-state index contributed by atoms with van der Waals surface area (Å²) in [5.74, 6) is -0.0583. The first-order valence-electron chi connectivity index (χ1n) is 8.84. The maximum atomic E-state index is 12.8. The van der Waals surface area contributed by atoms with Crippen LogP contribution in [0, 0.1) is 5.82 Å². The average molecular weight is 386 g/mol. The van der Waals surface area contributed by atoms with Gasteiger partial charge in [0.2, 0.25) is 5.91 Å². The van der Waals surface area contributed by atoms with Gasteiger partial charge in [-0.1, -0.05) is 25.1 Å². The molecule has 0 heterocycles. The summed E-state index contributed by atoms with van der Waals surface area (Å²) in [5.41, 5.74) is 5.99. The van der Waals surface area contributed by atoms with Crippen LogP contribution in [0.4, 0.5) is 4.39 Å². The second-order valence-corrected chi connectivity index (χ2v) is 5.93. The summed E-state index contributed by atoms with van der Waals surface area (Å²) in [4.78, 5) is 23.7. The highest BCUT2D eigenvalue weighted by Crippen LogP contribution is 2.28. The van der Waals surface area contributed by atoms with Gasteiger partial charge in [0, 0.05) is 6.08 Å². The molecule has 0 aromatic heterocycles. The lowest BCUT2D eigenvalue weighted by Gasteiger charge is -2.10. The van der Waals surface area contributed by atoms with Crippen molar-refractivity contribution in [3.63, 3.8) is 0 Å². The molecule has 2 aromatic rings. The summed E-state index contributed by atoms with van der Waals surface area (Å²) < 4.78 is 23.7. The third kappa shape index (κ3) is 6.75. The Bertz CT molecular complexity index is 835. The highest BCUT2D eigenvalue weighted by molar-refractivity contribution is 5.93. The van der Waals surface area contributed by atoms with Crippen molar-refractivity contribution in [2.24, 2.45) is 0 Å². The maximum absolute atomic E-state index is 12.8. The minimum atomic E-state index is -0.488. The smallest absolute Gasteiger partial charge is 0.262 e. The van der Waals surface area contributed by atoms with E-state index in [0.717, 1.165) is 12.0 Å². The molecule has 2 rings (SSSR count). The van der Waals surface area contributed by atoms with E-state index in [1.807, 2.05) is 6.92 Å². The second kappa shape index (κ2) is 10.7. The van der Waals surface area contributed by atoms with Crippen molar-refractivity contribution in [3.05, 3.63) is 65.5 Å². The average Bonchev–Trinajstić information content (AvgIpc) is 2.71. The van der Waals surface area contributed by atoms with E-state index in [4.69, 9.17) is 9.47 Å². The number of rotatable bonds is 8. The Morgan fingerprint density at radius 2 is 1.82 bits per heavy atom. The topological polar surface area (TPSA) is 76.7 Å². The predicted octanol–water partition coefficient (Wildman–Crippen LogP) is 3.03. The lowest BCUT2D eigenvalue weighted by molar-refractivity contribution is -0.126. The molecule has 2 aromatic carbocycles. The lowest BCUT2D eigenvalue weighted by atomic mass is 10.1. The molecule has 28 heavy (non-hydrogen) atoms. The highest BCUT2D eigenvalue weighted by Gasteiger charge is 2.06. The third-order valence-electron chi connectivity index (χ3n) is 3.68. The van der Waals surface area contributed by atoms with Crippen LogP contribution >= 0.6 is 0 Å². The van der Waals surface area contributed by atoms with Crippen molar-refractivity contribution in [2.75, 3.05) is 13.7 Å². The summed E-state index contributed by atoms with van der Waals surface area (Å²) in [7, 11) is 1.55. The van der Waals surface area contributed by atoms with Crippen molar-refractivity contribution < 1.29 is 23.5 Å². The van der Waals surface area contributed by atoms with Crippen LogP contribution in [0.5, 0.6) is 11.5 Å². The number of hydrogen-bond donors (Lipinski definition) is 2. The van der Waals surface area contributed by atoms with Gasteiger partial charge in [-0.15, -0.1) is 0 Å². The van der Waals surface area contributed by atoms with Crippen LogP contribution in [-0.4, -0.2) is 25.5 Å². The molecule has 6 nitrogen and oxygen atoms in total. The van der Waals surface area contributed by atoms with Crippen LogP contribution in [-0.2, 0) is 16.0 Å². The van der Waals surface area contributed by atoms with Gasteiger partial charge >= 0.3 is 0 Å². The van der Waals surface area contributed by atoms with Gasteiger partial charge in [-0.25, -0.2) is 4.39 Å². The third-order valence-corrected chi connectivity index (χ3v) is 3.68. The molecule has 7 heteroatoms. The summed E-state index contributed by atoms with van der Waals surface area (Å²) in [6, 6.07) is 10.9. The zero-order valence-corrected chi connectivity index (χ0v) is 15.8. The van der Waals surface area contributed by atoms with E-state index in [2.05, 4.69) is 10.9 Å². The van der Waals surface area contributed by atoms with Gasteiger partial charge in [-0.2, -0.15) is 0 Å². The van der Waals surface area contributed by atoms with Crippen LogP contribution < -0.4 is 20.3 Å². The van der Waals surface area contributed by atoms with E-state index in [0.29, 0.717) is 23.7 Å². The number of benzene rings is 2. The van der Waals surface area contributed by atoms with E-state index in [1.165, 1.54) is 30.3 Å². The number of methoxy groups -OCH3 is 1. The van der Waals surface area contributed by atoms with Gasteiger partial charge in [0.25, 0.3) is 5.91 Å². The van der Waals surface area contributed by atoms with Gasteiger partial charge in [-0.05, 0) is 47.9 Å². The van der Waals surface area contributed by atoms with Crippen LogP contribution in [0.3, 0.4) is 0 Å². The van der Waals surface area contributed by atoms with Gasteiger partial charge in [0.1, 0.15) is 5.82 Å². The zero-order valence-electron chi connectivity index (χ0n) is 15.8. The Kier molecular flexibility index (Phi) is 8.02. The number of amides is 2. The molecule has 0 bridgehead atoms. The summed E-state index contributed by atoms with van der Waals surface area (Å²) in [6.45, 7) is 2.60. The summed E-state index contributed by atoms with van der Waals surface area (Å²) >= 11 is 0. The van der Waals surface area contributed by atoms with Crippen LogP contribution in [0.2, 0.25) is 0 Å². The van der Waals surface area contributed by atoms with E-state index in [-0.39, 0.29) is 12.2 Å². The van der Waals surface area contributed by atoms with Gasteiger partial charge in [-0.3, -0.25) is 20.4 Å². The highest BCUT2D eigenvalue weighted by atomic mass is 19.1.